The van der Waals surface area contributed by atoms with Crippen molar-refractivity contribution in [2.75, 3.05) is 0 Å². The van der Waals surface area contributed by atoms with Crippen molar-refractivity contribution in [3.8, 4) is 0 Å². The Morgan fingerprint density at radius 2 is 2.06 bits per heavy atom. The number of ketones is 1. The number of nitrogens with one attached hydrogen (secondary N) is 1. The highest BCUT2D eigenvalue weighted by molar-refractivity contribution is 5.93. The summed E-state index contributed by atoms with van der Waals surface area (Å²) in [6.07, 6.45) is 3.26. The number of Topliss-reactive ketones (excluding diaryl/α,β-unsaturated/α-hetero) is 1. The van der Waals surface area contributed by atoms with Crippen LogP contribution in [0.2, 0.25) is 0 Å². The third kappa shape index (κ3) is 2.05. The van der Waals surface area contributed by atoms with Crippen molar-refractivity contribution in [2.24, 2.45) is 11.3 Å². The molecule has 0 aromatic carbocycles. The Balaban J connectivity index is 2.46. The van der Waals surface area contributed by atoms with Gasteiger partial charge in [0.05, 0.1) is 5.56 Å². The second-order valence-electron chi connectivity index (χ2n) is 5.47. The molecule has 1 aliphatic rings. The summed E-state index contributed by atoms with van der Waals surface area (Å²) in [5, 5.41) is 0. The third-order valence-corrected chi connectivity index (χ3v) is 4.03. The molecule has 18 heavy (non-hydrogen) atoms. The second-order valence-corrected chi connectivity index (χ2v) is 5.47. The van der Waals surface area contributed by atoms with Crippen LogP contribution in [0.1, 0.15) is 44.0 Å². The number of aromatic amines is 1. The normalized spacial score (nSPS) is 16.9. The van der Waals surface area contributed by atoms with Crippen molar-refractivity contribution in [3.05, 3.63) is 32.6 Å². The third-order valence-electron chi connectivity index (χ3n) is 4.03. The zero-order valence-electron chi connectivity index (χ0n) is 10.9. The van der Waals surface area contributed by atoms with Gasteiger partial charge in [0.2, 0.25) is 0 Å². The molecule has 5 nitrogen and oxygen atoms in total. The topological polar surface area (TPSA) is 71.9 Å². The smallest absolute Gasteiger partial charge is 0.313 e. The Bertz CT molecular complexity index is 591. The lowest BCUT2D eigenvalue weighted by Gasteiger charge is -2.20. The van der Waals surface area contributed by atoms with E-state index in [2.05, 4.69) is 18.8 Å². The second kappa shape index (κ2) is 4.23. The van der Waals surface area contributed by atoms with Crippen LogP contribution in [-0.2, 0) is 6.54 Å². The van der Waals surface area contributed by atoms with Crippen LogP contribution < -0.4 is 11.2 Å². The van der Waals surface area contributed by atoms with Crippen molar-refractivity contribution >= 4 is 5.78 Å². The molecule has 1 heterocycles. The molecule has 0 atom stereocenters. The van der Waals surface area contributed by atoms with E-state index in [-0.39, 0.29) is 16.8 Å². The van der Waals surface area contributed by atoms with Gasteiger partial charge >= 0.3 is 5.69 Å². The average molecular weight is 250 g/mol. The van der Waals surface area contributed by atoms with Gasteiger partial charge in [-0.25, -0.2) is 4.79 Å². The lowest BCUT2D eigenvalue weighted by atomic mass is 9.92. The molecule has 0 saturated heterocycles. The molecule has 1 fully saturated rings. The van der Waals surface area contributed by atoms with Crippen molar-refractivity contribution in [1.29, 1.82) is 0 Å². The fraction of sp³-hybridized carbons (Fsp3) is 0.615. The van der Waals surface area contributed by atoms with Crippen molar-refractivity contribution in [3.63, 3.8) is 0 Å². The number of rotatable bonds is 4. The van der Waals surface area contributed by atoms with Crippen molar-refractivity contribution in [2.45, 2.75) is 40.2 Å². The zero-order chi connectivity index (χ0) is 13.5. The summed E-state index contributed by atoms with van der Waals surface area (Å²) in [5.41, 5.74) is -0.809. The van der Waals surface area contributed by atoms with Crippen LogP contribution in [0.25, 0.3) is 0 Å². The minimum absolute atomic E-state index is 0.0479. The van der Waals surface area contributed by atoms with Gasteiger partial charge in [-0.15, -0.1) is 0 Å². The summed E-state index contributed by atoms with van der Waals surface area (Å²) in [7, 11) is 0. The van der Waals surface area contributed by atoms with E-state index < -0.39 is 11.2 Å². The number of hydrogen-bond acceptors (Lipinski definition) is 3. The number of aromatic nitrogens is 2. The fourth-order valence-corrected chi connectivity index (χ4v) is 2.30. The molecule has 1 saturated carbocycles. The van der Waals surface area contributed by atoms with Gasteiger partial charge in [-0.1, -0.05) is 13.8 Å². The molecule has 0 amide bonds. The van der Waals surface area contributed by atoms with Gasteiger partial charge in [-0.2, -0.15) is 0 Å². The Labute approximate surface area is 105 Å². The summed E-state index contributed by atoms with van der Waals surface area (Å²) in [5.74, 6) is 0.101. The van der Waals surface area contributed by atoms with E-state index in [0.29, 0.717) is 12.5 Å². The Morgan fingerprint density at radius 1 is 1.44 bits per heavy atom. The lowest BCUT2D eigenvalue weighted by Crippen LogP contribution is -2.40. The maximum Gasteiger partial charge on any atom is 0.328 e. The SMILES string of the molecule is CC(=O)c1c[nH]c(=O)n(CC2(C(C)C)CC2)c1=O. The number of hydrogen-bond donors (Lipinski definition) is 1. The Morgan fingerprint density at radius 3 is 2.50 bits per heavy atom. The summed E-state index contributed by atoms with van der Waals surface area (Å²) in [6, 6.07) is 0. The van der Waals surface area contributed by atoms with E-state index in [9.17, 15) is 14.4 Å². The van der Waals surface area contributed by atoms with E-state index >= 15 is 0 Å². The Kier molecular flexibility index (Phi) is 3.00. The van der Waals surface area contributed by atoms with Crippen LogP contribution in [0.4, 0.5) is 0 Å². The van der Waals surface area contributed by atoms with Crippen LogP contribution in [-0.4, -0.2) is 15.3 Å². The van der Waals surface area contributed by atoms with Crippen LogP contribution >= 0.6 is 0 Å². The molecule has 5 heteroatoms. The largest absolute Gasteiger partial charge is 0.328 e. The number of carbonyl (C=O) groups is 1. The molecular weight excluding hydrogens is 232 g/mol. The molecule has 0 unspecified atom stereocenters. The van der Waals surface area contributed by atoms with Gasteiger partial charge in [0.15, 0.2) is 5.78 Å². The standard InChI is InChI=1S/C13H18N2O3/c1-8(2)13(4-5-13)7-15-11(17)10(9(3)16)6-14-12(15)18/h6,8H,4-5,7H2,1-3H3,(H,14,18). The molecule has 1 aliphatic carbocycles. The minimum Gasteiger partial charge on any atom is -0.313 e. The summed E-state index contributed by atoms with van der Waals surface area (Å²) < 4.78 is 1.17. The van der Waals surface area contributed by atoms with Crippen LogP contribution in [0.3, 0.4) is 0 Å². The highest BCUT2D eigenvalue weighted by atomic mass is 16.2. The first-order chi connectivity index (χ1) is 8.37. The van der Waals surface area contributed by atoms with Crippen LogP contribution in [0, 0.1) is 11.3 Å². The van der Waals surface area contributed by atoms with Crippen LogP contribution in [0.15, 0.2) is 15.8 Å². The predicted molar refractivity (Wildman–Crippen MR) is 67.8 cm³/mol. The molecule has 2 rings (SSSR count). The molecule has 0 bridgehead atoms. The van der Waals surface area contributed by atoms with E-state index in [1.165, 1.54) is 17.7 Å². The Hall–Kier alpha value is -1.65. The average Bonchev–Trinajstić information content (AvgIpc) is 3.04. The first-order valence-corrected chi connectivity index (χ1v) is 6.21. The monoisotopic (exact) mass is 250 g/mol. The molecule has 98 valence electrons. The van der Waals surface area contributed by atoms with E-state index in [0.717, 1.165) is 12.8 Å². The molecule has 0 aliphatic heterocycles. The summed E-state index contributed by atoms with van der Waals surface area (Å²) in [4.78, 5) is 37.6. The van der Waals surface area contributed by atoms with E-state index in [1.807, 2.05) is 0 Å². The zero-order valence-corrected chi connectivity index (χ0v) is 10.9. The number of carbonyl (C=O) groups excluding carboxylic acids is 1. The molecule has 1 N–H and O–H groups in total. The number of H-pyrrole nitrogens is 1. The van der Waals surface area contributed by atoms with Crippen molar-refractivity contribution < 1.29 is 4.79 Å². The quantitative estimate of drug-likeness (QED) is 0.815. The first kappa shape index (κ1) is 12.8. The van der Waals surface area contributed by atoms with Gasteiger partial charge in [0.25, 0.3) is 5.56 Å². The maximum atomic E-state index is 12.1. The lowest BCUT2D eigenvalue weighted by molar-refractivity contribution is 0.101. The van der Waals surface area contributed by atoms with Gasteiger partial charge in [0, 0.05) is 12.7 Å². The van der Waals surface area contributed by atoms with E-state index in [1.54, 1.807) is 0 Å². The summed E-state index contributed by atoms with van der Waals surface area (Å²) >= 11 is 0. The van der Waals surface area contributed by atoms with Gasteiger partial charge in [-0.05, 0) is 31.1 Å². The molecular formula is C13H18N2O3. The van der Waals surface area contributed by atoms with Gasteiger partial charge in [0.1, 0.15) is 0 Å². The molecule has 0 radical (unpaired) electrons. The van der Waals surface area contributed by atoms with Gasteiger partial charge in [-0.3, -0.25) is 14.2 Å². The highest BCUT2D eigenvalue weighted by Crippen LogP contribution is 2.52. The summed E-state index contributed by atoms with van der Waals surface area (Å²) in [6.45, 7) is 5.93. The maximum absolute atomic E-state index is 12.1. The molecule has 1 aromatic heterocycles. The van der Waals surface area contributed by atoms with Crippen molar-refractivity contribution in [1.82, 2.24) is 9.55 Å². The number of nitrogens with zero attached hydrogens (tertiary/aromatic N) is 1. The first-order valence-electron chi connectivity index (χ1n) is 6.21. The minimum atomic E-state index is -0.474. The van der Waals surface area contributed by atoms with E-state index in [4.69, 9.17) is 0 Å². The molecule has 1 aromatic rings. The highest BCUT2D eigenvalue weighted by Gasteiger charge is 2.46. The fourth-order valence-electron chi connectivity index (χ4n) is 2.30. The van der Waals surface area contributed by atoms with Gasteiger partial charge < -0.3 is 4.98 Å². The predicted octanol–water partition coefficient (Wildman–Crippen LogP) is 1.18. The molecule has 0 spiro atoms. The van der Waals surface area contributed by atoms with Crippen LogP contribution in [0.5, 0.6) is 0 Å².